The second-order valence-electron chi connectivity index (χ2n) is 3.19. The lowest BCUT2D eigenvalue weighted by atomic mass is 10.1. The van der Waals surface area contributed by atoms with Crippen LogP contribution in [0.5, 0.6) is 0 Å². The average molecular weight is 181 g/mol. The summed E-state index contributed by atoms with van der Waals surface area (Å²) >= 11 is 0. The van der Waals surface area contributed by atoms with Gasteiger partial charge in [0.15, 0.2) is 0 Å². The summed E-state index contributed by atoms with van der Waals surface area (Å²) in [5, 5.41) is 2.20. The maximum Gasteiger partial charge on any atom is 0.396 e. The van der Waals surface area contributed by atoms with E-state index in [-0.39, 0.29) is 19.4 Å². The van der Waals surface area contributed by atoms with E-state index in [1.165, 1.54) is 6.92 Å². The predicted molar refractivity (Wildman–Crippen MR) is 36.4 cm³/mol. The van der Waals surface area contributed by atoms with Gasteiger partial charge in [0.2, 0.25) is 5.91 Å². The summed E-state index contributed by atoms with van der Waals surface area (Å²) in [6, 6.07) is 0. The Kier molecular flexibility index (Phi) is 2.06. The summed E-state index contributed by atoms with van der Waals surface area (Å²) in [6.45, 7) is 0.943. The van der Waals surface area contributed by atoms with Gasteiger partial charge in [0.1, 0.15) is 0 Å². The third-order valence-corrected chi connectivity index (χ3v) is 2.13. The second-order valence-corrected chi connectivity index (χ2v) is 3.19. The molecule has 0 saturated heterocycles. The lowest BCUT2D eigenvalue weighted by Gasteiger charge is -2.18. The smallest absolute Gasteiger partial charge is 0.355 e. The monoisotopic (exact) mass is 181 g/mol. The molecule has 1 N–H and O–H groups in total. The minimum atomic E-state index is -4.17. The third-order valence-electron chi connectivity index (χ3n) is 2.13. The molecule has 0 radical (unpaired) electrons. The van der Waals surface area contributed by atoms with E-state index in [0.29, 0.717) is 0 Å². The third kappa shape index (κ3) is 1.70. The van der Waals surface area contributed by atoms with Crippen molar-refractivity contribution in [2.24, 2.45) is 5.41 Å². The Labute approximate surface area is 68.1 Å². The van der Waals surface area contributed by atoms with Crippen LogP contribution in [0.15, 0.2) is 0 Å². The van der Waals surface area contributed by atoms with Crippen molar-refractivity contribution in [2.45, 2.75) is 25.9 Å². The van der Waals surface area contributed by atoms with Gasteiger partial charge in [0.05, 0.1) is 5.41 Å². The number of hydrogen-bond acceptors (Lipinski definition) is 1. The molecule has 1 rings (SSSR count). The largest absolute Gasteiger partial charge is 0.396 e. The molecule has 1 aliphatic carbocycles. The number of nitrogens with one attached hydrogen (secondary N) is 1. The van der Waals surface area contributed by atoms with Crippen LogP contribution in [0.25, 0.3) is 0 Å². The Balaban J connectivity index is 2.46. The first-order valence-corrected chi connectivity index (χ1v) is 3.69. The maximum absolute atomic E-state index is 12.2. The van der Waals surface area contributed by atoms with E-state index >= 15 is 0 Å². The van der Waals surface area contributed by atoms with Crippen molar-refractivity contribution in [1.29, 1.82) is 0 Å². The number of rotatable bonds is 2. The van der Waals surface area contributed by atoms with Crippen molar-refractivity contribution in [2.75, 3.05) is 6.54 Å². The van der Waals surface area contributed by atoms with E-state index in [0.717, 1.165) is 0 Å². The molecule has 0 heterocycles. The highest BCUT2D eigenvalue weighted by Gasteiger charge is 2.62. The van der Waals surface area contributed by atoms with Crippen LogP contribution in [0.2, 0.25) is 0 Å². The Morgan fingerprint density at radius 1 is 1.50 bits per heavy atom. The SMILES string of the molecule is CC(=O)NCC1(C(F)(F)F)CC1. The number of alkyl halides is 3. The van der Waals surface area contributed by atoms with E-state index in [9.17, 15) is 18.0 Å². The summed E-state index contributed by atoms with van der Waals surface area (Å²) in [5.74, 6) is -0.412. The Hall–Kier alpha value is -0.740. The molecule has 0 aliphatic heterocycles. The lowest BCUT2D eigenvalue weighted by molar-refractivity contribution is -0.185. The van der Waals surface area contributed by atoms with Gasteiger partial charge in [-0.25, -0.2) is 0 Å². The molecule has 0 aromatic heterocycles. The van der Waals surface area contributed by atoms with Crippen molar-refractivity contribution >= 4 is 5.91 Å². The van der Waals surface area contributed by atoms with Gasteiger partial charge in [-0.1, -0.05) is 0 Å². The van der Waals surface area contributed by atoms with E-state index < -0.39 is 17.5 Å². The highest BCUT2D eigenvalue weighted by molar-refractivity contribution is 5.72. The van der Waals surface area contributed by atoms with Crippen molar-refractivity contribution in [3.05, 3.63) is 0 Å². The number of halogens is 3. The molecule has 1 amide bonds. The molecule has 70 valence electrons. The van der Waals surface area contributed by atoms with Crippen molar-refractivity contribution < 1.29 is 18.0 Å². The first-order chi connectivity index (χ1) is 5.37. The van der Waals surface area contributed by atoms with E-state index in [2.05, 4.69) is 5.32 Å². The first kappa shape index (κ1) is 9.35. The zero-order chi connectivity index (χ0) is 9.41. The molecule has 1 aliphatic rings. The Morgan fingerprint density at radius 2 is 2.00 bits per heavy atom. The fraction of sp³-hybridized carbons (Fsp3) is 0.857. The first-order valence-electron chi connectivity index (χ1n) is 3.69. The van der Waals surface area contributed by atoms with Crippen molar-refractivity contribution in [1.82, 2.24) is 5.32 Å². The number of carbonyl (C=O) groups is 1. The van der Waals surface area contributed by atoms with Crippen molar-refractivity contribution in [3.8, 4) is 0 Å². The van der Waals surface area contributed by atoms with Crippen LogP contribution in [0.1, 0.15) is 19.8 Å². The molecule has 0 aromatic carbocycles. The lowest BCUT2D eigenvalue weighted by Crippen LogP contribution is -2.37. The fourth-order valence-corrected chi connectivity index (χ4v) is 1.01. The highest BCUT2D eigenvalue weighted by atomic mass is 19.4. The molecule has 1 saturated carbocycles. The maximum atomic E-state index is 12.2. The van der Waals surface area contributed by atoms with Gasteiger partial charge >= 0.3 is 6.18 Å². The molecule has 0 unspecified atom stereocenters. The molecule has 2 nitrogen and oxygen atoms in total. The zero-order valence-electron chi connectivity index (χ0n) is 6.66. The van der Waals surface area contributed by atoms with Gasteiger partial charge in [-0.05, 0) is 12.8 Å². The van der Waals surface area contributed by atoms with Gasteiger partial charge in [-0.15, -0.1) is 0 Å². The standard InChI is InChI=1S/C7H10F3NO/c1-5(12)11-4-6(2-3-6)7(8,9)10/h2-4H2,1H3,(H,11,12). The van der Waals surface area contributed by atoms with Crippen LogP contribution in [-0.2, 0) is 4.79 Å². The topological polar surface area (TPSA) is 29.1 Å². The molecule has 0 atom stereocenters. The summed E-state index contributed by atoms with van der Waals surface area (Å²) in [5.41, 5.74) is -1.61. The molecule has 0 aromatic rings. The number of amides is 1. The van der Waals surface area contributed by atoms with Crippen LogP contribution >= 0.6 is 0 Å². The fourth-order valence-electron chi connectivity index (χ4n) is 1.01. The second kappa shape index (κ2) is 2.64. The minimum absolute atomic E-state index is 0.136. The van der Waals surface area contributed by atoms with Crippen LogP contribution in [0.3, 0.4) is 0 Å². The molecule has 0 bridgehead atoms. The predicted octanol–water partition coefficient (Wildman–Crippen LogP) is 1.47. The summed E-state index contributed by atoms with van der Waals surface area (Å²) in [6.07, 6.45) is -3.90. The molecular weight excluding hydrogens is 171 g/mol. The van der Waals surface area contributed by atoms with Crippen molar-refractivity contribution in [3.63, 3.8) is 0 Å². The van der Waals surface area contributed by atoms with Gasteiger partial charge in [0, 0.05) is 13.5 Å². The van der Waals surface area contributed by atoms with Crippen LogP contribution in [0, 0.1) is 5.41 Å². The Bertz CT molecular complexity index is 195. The minimum Gasteiger partial charge on any atom is -0.355 e. The van der Waals surface area contributed by atoms with E-state index in [1.807, 2.05) is 0 Å². The molecule has 12 heavy (non-hydrogen) atoms. The molecule has 1 fully saturated rings. The van der Waals surface area contributed by atoms with Crippen LogP contribution in [0.4, 0.5) is 13.2 Å². The summed E-state index contributed by atoms with van der Waals surface area (Å²) in [4.78, 5) is 10.4. The number of hydrogen-bond donors (Lipinski definition) is 1. The van der Waals surface area contributed by atoms with Gasteiger partial charge in [0.25, 0.3) is 0 Å². The normalized spacial score (nSPS) is 20.3. The van der Waals surface area contributed by atoms with Crippen LogP contribution < -0.4 is 5.32 Å². The highest BCUT2D eigenvalue weighted by Crippen LogP contribution is 2.56. The average Bonchev–Trinajstić information content (AvgIpc) is 2.60. The quantitative estimate of drug-likeness (QED) is 0.686. The van der Waals surface area contributed by atoms with E-state index in [4.69, 9.17) is 0 Å². The van der Waals surface area contributed by atoms with Crippen LogP contribution in [-0.4, -0.2) is 18.6 Å². The Morgan fingerprint density at radius 3 is 2.25 bits per heavy atom. The van der Waals surface area contributed by atoms with Gasteiger partial charge in [-0.2, -0.15) is 13.2 Å². The summed E-state index contributed by atoms with van der Waals surface area (Å²) in [7, 11) is 0. The molecule has 0 spiro atoms. The van der Waals surface area contributed by atoms with Gasteiger partial charge < -0.3 is 5.32 Å². The van der Waals surface area contributed by atoms with E-state index in [1.54, 1.807) is 0 Å². The molecule has 5 heteroatoms. The molecular formula is C7H10F3NO. The van der Waals surface area contributed by atoms with Gasteiger partial charge in [-0.3, -0.25) is 4.79 Å². The zero-order valence-corrected chi connectivity index (χ0v) is 6.66. The number of carbonyl (C=O) groups excluding carboxylic acids is 1. The summed E-state index contributed by atoms with van der Waals surface area (Å²) < 4.78 is 36.6.